The molecule has 5 rings (SSSR count). The Hall–Kier alpha value is -2.87. The van der Waals surface area contributed by atoms with E-state index in [-0.39, 0.29) is 0 Å². The topological polar surface area (TPSA) is 7.12 Å². The average molecular weight is 339 g/mol. The number of aryl methyl sites for hydroxylation is 1. The van der Waals surface area contributed by atoms with Crippen LogP contribution in [0.3, 0.4) is 0 Å². The van der Waals surface area contributed by atoms with Gasteiger partial charge in [-0.3, -0.25) is 0 Å². The van der Waals surface area contributed by atoms with E-state index in [9.17, 15) is 0 Å². The molecule has 1 aliphatic heterocycles. The van der Waals surface area contributed by atoms with Gasteiger partial charge in [0.2, 0.25) is 11.0 Å². The van der Waals surface area contributed by atoms with Gasteiger partial charge >= 0.3 is 0 Å². The van der Waals surface area contributed by atoms with Crippen LogP contribution in [-0.2, 0) is 7.05 Å². The number of hydrogen-bond donors (Lipinski definition) is 0. The van der Waals surface area contributed by atoms with Gasteiger partial charge in [-0.15, -0.1) is 0 Å². The summed E-state index contributed by atoms with van der Waals surface area (Å²) in [6, 6.07) is 26.6. The molecule has 0 unspecified atom stereocenters. The number of pyridine rings is 1. The minimum absolute atomic E-state index is 1.19. The number of benzene rings is 3. The van der Waals surface area contributed by atoms with Crippen LogP contribution < -0.4 is 9.47 Å². The number of rotatable bonds is 2. The molecule has 1 saturated heterocycles. The van der Waals surface area contributed by atoms with E-state index in [1.807, 2.05) is 0 Å². The number of aromatic nitrogens is 1. The van der Waals surface area contributed by atoms with E-state index in [0.29, 0.717) is 0 Å². The van der Waals surface area contributed by atoms with E-state index in [0.717, 1.165) is 0 Å². The quantitative estimate of drug-likeness (QED) is 0.365. The lowest BCUT2D eigenvalue weighted by molar-refractivity contribution is -0.617. The van der Waals surface area contributed by atoms with Crippen molar-refractivity contribution in [3.63, 3.8) is 0 Å². The van der Waals surface area contributed by atoms with Crippen LogP contribution in [0, 0.1) is 0 Å². The summed E-state index contributed by atoms with van der Waals surface area (Å²) in [5.41, 5.74) is 6.51. The summed E-state index contributed by atoms with van der Waals surface area (Å²) in [5, 5.41) is 2.62. The van der Waals surface area contributed by atoms with Crippen LogP contribution >= 0.6 is 0 Å². The zero-order valence-corrected chi connectivity index (χ0v) is 15.2. The summed E-state index contributed by atoms with van der Waals surface area (Å²) in [7, 11) is 2.16. The Kier molecular flexibility index (Phi) is 3.63. The molecule has 1 fully saturated rings. The molecule has 0 radical (unpaired) electrons. The van der Waals surface area contributed by atoms with E-state index in [1.54, 1.807) is 0 Å². The lowest BCUT2D eigenvalue weighted by atomic mass is 9.95. The highest BCUT2D eigenvalue weighted by atomic mass is 15.1. The predicted molar refractivity (Wildman–Crippen MR) is 110 cm³/mol. The van der Waals surface area contributed by atoms with Crippen molar-refractivity contribution in [2.24, 2.45) is 7.05 Å². The fraction of sp³-hybridized carbons (Fsp3) is 0.208. The van der Waals surface area contributed by atoms with Crippen molar-refractivity contribution in [2.45, 2.75) is 12.8 Å². The van der Waals surface area contributed by atoms with Gasteiger partial charge in [0, 0.05) is 36.5 Å². The third-order valence-electron chi connectivity index (χ3n) is 5.70. The summed E-state index contributed by atoms with van der Waals surface area (Å²) in [6.07, 6.45) is 2.62. The SMILES string of the molecule is C[n+]1c2ccccc2c(-c2ccc(N3CCCC3)cc2)c2ccccc21. The maximum atomic E-state index is 2.49. The molecule has 2 heterocycles. The third-order valence-corrected chi connectivity index (χ3v) is 5.70. The van der Waals surface area contributed by atoms with Gasteiger partial charge < -0.3 is 4.90 Å². The molecule has 0 saturated carbocycles. The fourth-order valence-electron chi connectivity index (χ4n) is 4.36. The van der Waals surface area contributed by atoms with Gasteiger partial charge in [0.05, 0.1) is 10.8 Å². The van der Waals surface area contributed by atoms with E-state index < -0.39 is 0 Å². The molecule has 0 aliphatic carbocycles. The highest BCUT2D eigenvalue weighted by molar-refractivity contribution is 6.07. The number of hydrogen-bond acceptors (Lipinski definition) is 1. The molecule has 0 atom stereocenters. The lowest BCUT2D eigenvalue weighted by Crippen LogP contribution is -2.30. The Bertz CT molecular complexity index is 1030. The molecule has 26 heavy (non-hydrogen) atoms. The Morgan fingerprint density at radius 1 is 0.692 bits per heavy atom. The monoisotopic (exact) mass is 339 g/mol. The van der Waals surface area contributed by atoms with Crippen LogP contribution in [-0.4, -0.2) is 13.1 Å². The van der Waals surface area contributed by atoms with Crippen molar-refractivity contribution >= 4 is 27.5 Å². The number of anilines is 1. The minimum Gasteiger partial charge on any atom is -0.372 e. The lowest BCUT2D eigenvalue weighted by Gasteiger charge is -2.18. The van der Waals surface area contributed by atoms with Crippen LogP contribution in [0.15, 0.2) is 72.8 Å². The van der Waals surface area contributed by atoms with Gasteiger partial charge in [-0.1, -0.05) is 36.4 Å². The highest BCUT2D eigenvalue weighted by Gasteiger charge is 2.19. The molecule has 1 aromatic heterocycles. The second-order valence-electron chi connectivity index (χ2n) is 7.21. The van der Waals surface area contributed by atoms with Gasteiger partial charge in [0.15, 0.2) is 0 Å². The molecular formula is C24H23N2+. The van der Waals surface area contributed by atoms with E-state index in [2.05, 4.69) is 89.3 Å². The highest BCUT2D eigenvalue weighted by Crippen LogP contribution is 2.35. The molecule has 2 nitrogen and oxygen atoms in total. The van der Waals surface area contributed by atoms with Gasteiger partial charge in [-0.25, -0.2) is 0 Å². The van der Waals surface area contributed by atoms with Crippen molar-refractivity contribution < 1.29 is 4.57 Å². The maximum absolute atomic E-state index is 2.49. The zero-order chi connectivity index (χ0) is 17.5. The van der Waals surface area contributed by atoms with Crippen LogP contribution in [0.5, 0.6) is 0 Å². The molecular weight excluding hydrogens is 316 g/mol. The second-order valence-corrected chi connectivity index (χ2v) is 7.21. The van der Waals surface area contributed by atoms with Crippen LogP contribution in [0.4, 0.5) is 5.69 Å². The molecule has 0 N–H and O–H groups in total. The average Bonchev–Trinajstić information content (AvgIpc) is 3.24. The summed E-state index contributed by atoms with van der Waals surface area (Å²) in [5.74, 6) is 0. The molecule has 1 aliphatic rings. The largest absolute Gasteiger partial charge is 0.372 e. The predicted octanol–water partition coefficient (Wildman–Crippen LogP) is 5.08. The minimum atomic E-state index is 1.19. The number of para-hydroxylation sites is 2. The third kappa shape index (κ3) is 2.37. The Morgan fingerprint density at radius 2 is 1.23 bits per heavy atom. The molecule has 4 aromatic rings. The first-order valence-corrected chi connectivity index (χ1v) is 9.48. The van der Waals surface area contributed by atoms with Gasteiger partial charge in [0.1, 0.15) is 7.05 Å². The fourth-order valence-corrected chi connectivity index (χ4v) is 4.36. The second kappa shape index (κ2) is 6.14. The van der Waals surface area contributed by atoms with Crippen molar-refractivity contribution in [1.82, 2.24) is 0 Å². The van der Waals surface area contributed by atoms with E-state index >= 15 is 0 Å². The summed E-state index contributed by atoms with van der Waals surface area (Å²) < 4.78 is 2.30. The maximum Gasteiger partial charge on any atom is 0.213 e. The summed E-state index contributed by atoms with van der Waals surface area (Å²) in [6.45, 7) is 2.37. The summed E-state index contributed by atoms with van der Waals surface area (Å²) >= 11 is 0. The summed E-state index contributed by atoms with van der Waals surface area (Å²) in [4.78, 5) is 2.49. The van der Waals surface area contributed by atoms with Crippen LogP contribution in [0.2, 0.25) is 0 Å². The van der Waals surface area contributed by atoms with Gasteiger partial charge in [-0.05, 0) is 42.7 Å². The number of fused-ring (bicyclic) bond motifs is 2. The molecule has 0 bridgehead atoms. The Morgan fingerprint density at radius 3 is 1.81 bits per heavy atom. The van der Waals surface area contributed by atoms with Crippen molar-refractivity contribution in [3.05, 3.63) is 72.8 Å². The molecule has 0 spiro atoms. The standard InChI is InChI=1S/C24H23N2/c1-25-22-10-4-2-8-20(22)24(21-9-3-5-11-23(21)25)18-12-14-19(15-13-18)26-16-6-7-17-26/h2-5,8-15H,6-7,16-17H2,1H3/q+1. The van der Waals surface area contributed by atoms with Gasteiger partial charge in [-0.2, -0.15) is 4.57 Å². The van der Waals surface area contributed by atoms with Crippen LogP contribution in [0.1, 0.15) is 12.8 Å². The zero-order valence-electron chi connectivity index (χ0n) is 15.2. The first-order chi connectivity index (χ1) is 12.8. The van der Waals surface area contributed by atoms with Crippen LogP contribution in [0.25, 0.3) is 32.9 Å². The Labute approximate surface area is 154 Å². The van der Waals surface area contributed by atoms with Crippen molar-refractivity contribution in [3.8, 4) is 11.1 Å². The molecule has 128 valence electrons. The smallest absolute Gasteiger partial charge is 0.213 e. The van der Waals surface area contributed by atoms with E-state index in [4.69, 9.17) is 0 Å². The van der Waals surface area contributed by atoms with E-state index in [1.165, 1.54) is 64.6 Å². The normalized spacial score (nSPS) is 14.4. The number of nitrogens with zero attached hydrogens (tertiary/aromatic N) is 2. The van der Waals surface area contributed by atoms with Crippen molar-refractivity contribution in [1.29, 1.82) is 0 Å². The Balaban J connectivity index is 1.75. The molecule has 3 aromatic carbocycles. The molecule has 2 heteroatoms. The van der Waals surface area contributed by atoms with Gasteiger partial charge in [0.25, 0.3) is 0 Å². The first-order valence-electron chi connectivity index (χ1n) is 9.48. The first kappa shape index (κ1) is 15.4. The molecule has 0 amide bonds. The van der Waals surface area contributed by atoms with Crippen molar-refractivity contribution in [2.75, 3.05) is 18.0 Å².